The predicted molar refractivity (Wildman–Crippen MR) is 42.9 cm³/mol. The summed E-state index contributed by atoms with van der Waals surface area (Å²) < 4.78 is 1.51. The summed E-state index contributed by atoms with van der Waals surface area (Å²) >= 11 is 0. The molecule has 0 saturated heterocycles. The van der Waals surface area contributed by atoms with E-state index < -0.39 is 0 Å². The standard InChI is InChI=1S/C7H9N3O2/c8-4-1-2-10-5(4)3-6(11)9-7(10)12/h3-4H,1-2,8H2,(H,9,11,12). The van der Waals surface area contributed by atoms with E-state index in [0.29, 0.717) is 12.2 Å². The number of hydrogen-bond acceptors (Lipinski definition) is 3. The molecular weight excluding hydrogens is 158 g/mol. The fourth-order valence-electron chi connectivity index (χ4n) is 1.49. The third kappa shape index (κ3) is 0.902. The van der Waals surface area contributed by atoms with Crippen LogP contribution in [0.4, 0.5) is 0 Å². The van der Waals surface area contributed by atoms with Crippen LogP contribution < -0.4 is 17.0 Å². The Bertz CT molecular complexity index is 417. The average Bonchev–Trinajstić information content (AvgIpc) is 2.33. The molecule has 0 fully saturated rings. The van der Waals surface area contributed by atoms with Gasteiger partial charge in [0.2, 0.25) is 0 Å². The molecule has 64 valence electrons. The summed E-state index contributed by atoms with van der Waals surface area (Å²) in [7, 11) is 0. The lowest BCUT2D eigenvalue weighted by molar-refractivity contribution is 0.669. The number of aromatic amines is 1. The first-order valence-corrected chi connectivity index (χ1v) is 3.78. The minimum Gasteiger partial charge on any atom is -0.323 e. The molecule has 0 aliphatic carbocycles. The maximum atomic E-state index is 11.1. The van der Waals surface area contributed by atoms with Gasteiger partial charge in [-0.3, -0.25) is 14.3 Å². The van der Waals surface area contributed by atoms with Crippen molar-refractivity contribution in [3.63, 3.8) is 0 Å². The molecule has 0 spiro atoms. The zero-order valence-electron chi connectivity index (χ0n) is 6.41. The lowest BCUT2D eigenvalue weighted by atomic mass is 10.2. The summed E-state index contributed by atoms with van der Waals surface area (Å²) in [6, 6.07) is 1.22. The van der Waals surface area contributed by atoms with Crippen molar-refractivity contribution in [2.45, 2.75) is 19.0 Å². The van der Waals surface area contributed by atoms with E-state index in [9.17, 15) is 9.59 Å². The van der Waals surface area contributed by atoms with E-state index in [-0.39, 0.29) is 17.3 Å². The Morgan fingerprint density at radius 1 is 1.58 bits per heavy atom. The number of nitrogens with one attached hydrogen (secondary N) is 1. The average molecular weight is 167 g/mol. The van der Waals surface area contributed by atoms with Crippen LogP contribution in [0.1, 0.15) is 18.2 Å². The van der Waals surface area contributed by atoms with Gasteiger partial charge in [-0.15, -0.1) is 0 Å². The highest BCUT2D eigenvalue weighted by Gasteiger charge is 2.19. The van der Waals surface area contributed by atoms with Crippen LogP contribution in [-0.4, -0.2) is 9.55 Å². The van der Waals surface area contributed by atoms with Gasteiger partial charge in [0.1, 0.15) is 0 Å². The van der Waals surface area contributed by atoms with Gasteiger partial charge in [-0.05, 0) is 6.42 Å². The zero-order valence-corrected chi connectivity index (χ0v) is 6.41. The van der Waals surface area contributed by atoms with Gasteiger partial charge in [-0.25, -0.2) is 4.79 Å². The normalized spacial score (nSPS) is 20.9. The van der Waals surface area contributed by atoms with E-state index in [1.165, 1.54) is 10.6 Å². The molecule has 0 bridgehead atoms. The molecule has 1 aliphatic rings. The minimum absolute atomic E-state index is 0.167. The smallest absolute Gasteiger partial charge is 0.323 e. The van der Waals surface area contributed by atoms with Crippen molar-refractivity contribution >= 4 is 0 Å². The number of rotatable bonds is 0. The second-order valence-corrected chi connectivity index (χ2v) is 2.91. The molecule has 0 saturated carbocycles. The summed E-state index contributed by atoms with van der Waals surface area (Å²) in [6.45, 7) is 0.603. The third-order valence-electron chi connectivity index (χ3n) is 2.11. The highest BCUT2D eigenvalue weighted by atomic mass is 16.2. The Balaban J connectivity index is 2.77. The monoisotopic (exact) mass is 167 g/mol. The molecule has 5 heteroatoms. The van der Waals surface area contributed by atoms with Crippen molar-refractivity contribution in [3.05, 3.63) is 32.6 Å². The Labute approximate surface area is 67.8 Å². The van der Waals surface area contributed by atoms with E-state index in [1.807, 2.05) is 0 Å². The highest BCUT2D eigenvalue weighted by Crippen LogP contribution is 2.18. The molecule has 1 aromatic rings. The van der Waals surface area contributed by atoms with E-state index >= 15 is 0 Å². The van der Waals surface area contributed by atoms with Crippen molar-refractivity contribution in [2.75, 3.05) is 0 Å². The van der Waals surface area contributed by atoms with Crippen molar-refractivity contribution in [3.8, 4) is 0 Å². The first-order chi connectivity index (χ1) is 5.68. The largest absolute Gasteiger partial charge is 0.328 e. The summed E-state index contributed by atoms with van der Waals surface area (Å²) in [5.74, 6) is 0. The van der Waals surface area contributed by atoms with Gasteiger partial charge in [0.25, 0.3) is 5.56 Å². The van der Waals surface area contributed by atoms with Crippen LogP contribution in [0.3, 0.4) is 0 Å². The second-order valence-electron chi connectivity index (χ2n) is 2.91. The first-order valence-electron chi connectivity index (χ1n) is 3.78. The number of fused-ring (bicyclic) bond motifs is 1. The Morgan fingerprint density at radius 3 is 3.08 bits per heavy atom. The topological polar surface area (TPSA) is 80.9 Å². The number of nitrogens with zero attached hydrogens (tertiary/aromatic N) is 1. The first kappa shape index (κ1) is 7.30. The molecule has 2 rings (SSSR count). The summed E-state index contributed by atoms with van der Waals surface area (Å²) in [6.07, 6.45) is 0.729. The van der Waals surface area contributed by atoms with Crippen LogP contribution in [-0.2, 0) is 6.54 Å². The van der Waals surface area contributed by atoms with Gasteiger partial charge in [-0.1, -0.05) is 0 Å². The molecule has 1 atom stereocenters. The molecule has 1 unspecified atom stereocenters. The number of H-pyrrole nitrogens is 1. The third-order valence-corrected chi connectivity index (χ3v) is 2.11. The van der Waals surface area contributed by atoms with Gasteiger partial charge in [0.05, 0.1) is 0 Å². The van der Waals surface area contributed by atoms with Crippen molar-refractivity contribution < 1.29 is 0 Å². The summed E-state index contributed by atoms with van der Waals surface area (Å²) in [5.41, 5.74) is 5.59. The van der Waals surface area contributed by atoms with Crippen molar-refractivity contribution in [1.29, 1.82) is 0 Å². The molecule has 3 N–H and O–H groups in total. The molecular formula is C7H9N3O2. The van der Waals surface area contributed by atoms with Gasteiger partial charge < -0.3 is 5.73 Å². The number of aromatic nitrogens is 2. The van der Waals surface area contributed by atoms with E-state index in [1.54, 1.807) is 0 Å². The van der Waals surface area contributed by atoms with Gasteiger partial charge in [0.15, 0.2) is 0 Å². The van der Waals surface area contributed by atoms with Crippen LogP contribution in [0.15, 0.2) is 15.7 Å². The molecule has 0 amide bonds. The van der Waals surface area contributed by atoms with Crippen LogP contribution in [0.25, 0.3) is 0 Å². The lowest BCUT2D eigenvalue weighted by Crippen LogP contribution is -2.30. The van der Waals surface area contributed by atoms with Gasteiger partial charge in [0, 0.05) is 24.3 Å². The summed E-state index contributed by atoms with van der Waals surface area (Å²) in [4.78, 5) is 24.2. The van der Waals surface area contributed by atoms with E-state index in [2.05, 4.69) is 4.98 Å². The molecule has 12 heavy (non-hydrogen) atoms. The highest BCUT2D eigenvalue weighted by molar-refractivity contribution is 5.10. The molecule has 5 nitrogen and oxygen atoms in total. The number of nitrogens with two attached hydrogens (primary N) is 1. The van der Waals surface area contributed by atoms with E-state index in [4.69, 9.17) is 5.73 Å². The van der Waals surface area contributed by atoms with Gasteiger partial charge in [-0.2, -0.15) is 0 Å². The summed E-state index contributed by atoms with van der Waals surface area (Å²) in [5, 5.41) is 0. The molecule has 2 heterocycles. The number of hydrogen-bond donors (Lipinski definition) is 2. The maximum absolute atomic E-state index is 11.1. The lowest BCUT2D eigenvalue weighted by Gasteiger charge is -2.02. The van der Waals surface area contributed by atoms with E-state index in [0.717, 1.165) is 6.42 Å². The molecule has 0 radical (unpaired) electrons. The van der Waals surface area contributed by atoms with Crippen LogP contribution in [0.2, 0.25) is 0 Å². The zero-order chi connectivity index (χ0) is 8.72. The molecule has 1 aromatic heterocycles. The minimum atomic E-state index is -0.372. The van der Waals surface area contributed by atoms with Crippen LogP contribution in [0, 0.1) is 0 Å². The van der Waals surface area contributed by atoms with Gasteiger partial charge >= 0.3 is 5.69 Å². The SMILES string of the molecule is NC1CCn2c1cc(=O)[nH]c2=O. The fourth-order valence-corrected chi connectivity index (χ4v) is 1.49. The Kier molecular flexibility index (Phi) is 1.41. The quantitative estimate of drug-likeness (QED) is 0.516. The van der Waals surface area contributed by atoms with Crippen molar-refractivity contribution in [1.82, 2.24) is 9.55 Å². The Hall–Kier alpha value is -1.36. The molecule has 1 aliphatic heterocycles. The molecule has 0 aromatic carbocycles. The second kappa shape index (κ2) is 2.31. The van der Waals surface area contributed by atoms with Crippen LogP contribution in [0.5, 0.6) is 0 Å². The Morgan fingerprint density at radius 2 is 2.33 bits per heavy atom. The van der Waals surface area contributed by atoms with Crippen molar-refractivity contribution in [2.24, 2.45) is 5.73 Å². The maximum Gasteiger partial charge on any atom is 0.328 e. The van der Waals surface area contributed by atoms with Crippen LogP contribution >= 0.6 is 0 Å². The fraction of sp³-hybridized carbons (Fsp3) is 0.429. The predicted octanol–water partition coefficient (Wildman–Crippen LogP) is -1.06.